The molecule has 0 bridgehead atoms. The van der Waals surface area contributed by atoms with Crippen LogP contribution in [-0.4, -0.2) is 48.4 Å². The molecule has 22 heavy (non-hydrogen) atoms. The zero-order valence-electron chi connectivity index (χ0n) is 13.6. The van der Waals surface area contributed by atoms with Crippen LogP contribution in [0.3, 0.4) is 0 Å². The van der Waals surface area contributed by atoms with Crippen molar-refractivity contribution in [2.75, 3.05) is 32.4 Å². The van der Waals surface area contributed by atoms with Gasteiger partial charge < -0.3 is 14.7 Å². The van der Waals surface area contributed by atoms with Crippen LogP contribution in [0.5, 0.6) is 0 Å². The van der Waals surface area contributed by atoms with E-state index in [1.165, 1.54) is 6.42 Å². The van der Waals surface area contributed by atoms with E-state index >= 15 is 0 Å². The predicted molar refractivity (Wildman–Crippen MR) is 92.6 cm³/mol. The van der Waals surface area contributed by atoms with Crippen LogP contribution < -0.4 is 5.32 Å². The molecule has 0 radical (unpaired) electrons. The van der Waals surface area contributed by atoms with Crippen molar-refractivity contribution in [3.63, 3.8) is 0 Å². The third-order valence-electron chi connectivity index (χ3n) is 4.02. The summed E-state index contributed by atoms with van der Waals surface area (Å²) in [5.74, 6) is 3.05. The molecule has 0 spiro atoms. The van der Waals surface area contributed by atoms with Crippen LogP contribution in [0.25, 0.3) is 0 Å². The second-order valence-electron chi connectivity index (χ2n) is 5.70. The Kier molecular flexibility index (Phi) is 8.28. The fraction of sp³-hybridized carbons (Fsp3) is 0.733. The molecule has 2 heterocycles. The topological polar surface area (TPSA) is 58.4 Å². The minimum absolute atomic E-state index is 0. The van der Waals surface area contributed by atoms with Crippen molar-refractivity contribution >= 4 is 30.1 Å². The zero-order valence-corrected chi connectivity index (χ0v) is 15.2. The maximum atomic E-state index is 12.3. The minimum Gasteiger partial charge on any atom is -0.361 e. The van der Waals surface area contributed by atoms with Gasteiger partial charge in [0.1, 0.15) is 5.76 Å². The van der Waals surface area contributed by atoms with Gasteiger partial charge in [0, 0.05) is 24.4 Å². The molecule has 126 valence electrons. The molecule has 0 aliphatic carbocycles. The monoisotopic (exact) mass is 347 g/mol. The average Bonchev–Trinajstić information content (AvgIpc) is 2.79. The molecule has 0 saturated carbocycles. The van der Waals surface area contributed by atoms with Crippen LogP contribution in [0, 0.1) is 19.8 Å². The van der Waals surface area contributed by atoms with Gasteiger partial charge in [-0.3, -0.25) is 4.79 Å². The Balaban J connectivity index is 0.00000242. The Hall–Kier alpha value is -0.720. The lowest BCUT2D eigenvalue weighted by atomic mass is 9.98. The van der Waals surface area contributed by atoms with Gasteiger partial charge in [-0.15, -0.1) is 24.2 Å². The summed E-state index contributed by atoms with van der Waals surface area (Å²) in [5, 5.41) is 7.15. The summed E-state index contributed by atoms with van der Waals surface area (Å²) < 4.78 is 5.14. The van der Waals surface area contributed by atoms with E-state index in [4.69, 9.17) is 4.52 Å². The van der Waals surface area contributed by atoms with Crippen molar-refractivity contribution in [3.05, 3.63) is 17.0 Å². The molecule has 1 saturated heterocycles. The summed E-state index contributed by atoms with van der Waals surface area (Å²) in [5.41, 5.74) is 2.05. The summed E-state index contributed by atoms with van der Waals surface area (Å²) >= 11 is 1.65. The molecule has 1 aliphatic rings. The van der Waals surface area contributed by atoms with Gasteiger partial charge in [-0.1, -0.05) is 5.16 Å². The van der Waals surface area contributed by atoms with E-state index < -0.39 is 0 Å². The summed E-state index contributed by atoms with van der Waals surface area (Å²) in [6.45, 7) is 6.67. The number of aromatic nitrogens is 1. The highest BCUT2D eigenvalue weighted by atomic mass is 35.5. The van der Waals surface area contributed by atoms with Gasteiger partial charge in [0.05, 0.1) is 11.4 Å². The molecule has 1 amide bonds. The fourth-order valence-electron chi connectivity index (χ4n) is 2.79. The van der Waals surface area contributed by atoms with E-state index in [1.54, 1.807) is 11.8 Å². The molecule has 1 aromatic heterocycles. The first-order valence-electron chi connectivity index (χ1n) is 7.53. The molecule has 5 nitrogen and oxygen atoms in total. The second kappa shape index (κ2) is 9.43. The molecule has 1 fully saturated rings. The molecule has 7 heteroatoms. The molecule has 1 unspecified atom stereocenters. The number of hydrogen-bond acceptors (Lipinski definition) is 5. The number of thioether (sulfide) groups is 1. The Bertz CT molecular complexity index is 460. The number of nitrogens with one attached hydrogen (secondary N) is 1. The number of aryl methyl sites for hydroxylation is 2. The Labute approximate surface area is 143 Å². The van der Waals surface area contributed by atoms with Gasteiger partial charge in [0.2, 0.25) is 5.91 Å². The van der Waals surface area contributed by atoms with Gasteiger partial charge in [-0.05, 0) is 46.2 Å². The zero-order chi connectivity index (χ0) is 15.2. The quantitative estimate of drug-likeness (QED) is 0.856. The van der Waals surface area contributed by atoms with Crippen LogP contribution in [0.2, 0.25) is 0 Å². The summed E-state index contributed by atoms with van der Waals surface area (Å²) in [6, 6.07) is 0. The van der Waals surface area contributed by atoms with Crippen LogP contribution in [0.1, 0.15) is 29.9 Å². The van der Waals surface area contributed by atoms with E-state index in [9.17, 15) is 4.79 Å². The van der Waals surface area contributed by atoms with E-state index in [0.29, 0.717) is 11.7 Å². The largest absolute Gasteiger partial charge is 0.361 e. The first-order valence-corrected chi connectivity index (χ1v) is 8.69. The maximum Gasteiger partial charge on any atom is 0.232 e. The van der Waals surface area contributed by atoms with E-state index in [-0.39, 0.29) is 18.3 Å². The number of halogens is 1. The minimum atomic E-state index is 0. The van der Waals surface area contributed by atoms with Crippen LogP contribution >= 0.6 is 24.2 Å². The van der Waals surface area contributed by atoms with E-state index in [2.05, 4.69) is 10.5 Å². The first kappa shape index (κ1) is 19.3. The predicted octanol–water partition coefficient (Wildman–Crippen LogP) is 2.40. The summed E-state index contributed by atoms with van der Waals surface area (Å²) in [6.07, 6.45) is 2.34. The van der Waals surface area contributed by atoms with Crippen LogP contribution in [-0.2, 0) is 10.5 Å². The van der Waals surface area contributed by atoms with Gasteiger partial charge >= 0.3 is 0 Å². The molecular formula is C15H26ClN3O2S. The highest BCUT2D eigenvalue weighted by Crippen LogP contribution is 2.21. The summed E-state index contributed by atoms with van der Waals surface area (Å²) in [4.78, 5) is 14.3. The number of nitrogens with zero attached hydrogens (tertiary/aromatic N) is 2. The van der Waals surface area contributed by atoms with Crippen molar-refractivity contribution < 1.29 is 9.32 Å². The van der Waals surface area contributed by atoms with Crippen LogP contribution in [0.4, 0.5) is 0 Å². The molecule has 1 N–H and O–H groups in total. The SMILES string of the molecule is CNCC1CCCN(C(=O)CSCc2c(C)noc2C)C1.Cl. The van der Waals surface area contributed by atoms with Gasteiger partial charge in [-0.2, -0.15) is 0 Å². The Morgan fingerprint density at radius 3 is 2.91 bits per heavy atom. The lowest BCUT2D eigenvalue weighted by molar-refractivity contribution is -0.130. The highest BCUT2D eigenvalue weighted by molar-refractivity contribution is 7.99. The standard InChI is InChI=1S/C15H25N3O2S.ClH/c1-11-14(12(2)20-17-11)9-21-10-15(19)18-6-4-5-13(8-18)7-16-3;/h13,16H,4-10H2,1-3H3;1H. The van der Waals surface area contributed by atoms with Crippen LogP contribution in [0.15, 0.2) is 4.52 Å². The van der Waals surface area contributed by atoms with Crippen molar-refractivity contribution in [1.82, 2.24) is 15.4 Å². The van der Waals surface area contributed by atoms with Crippen molar-refractivity contribution in [2.45, 2.75) is 32.4 Å². The van der Waals surface area contributed by atoms with Crippen molar-refractivity contribution in [1.29, 1.82) is 0 Å². The maximum absolute atomic E-state index is 12.3. The lowest BCUT2D eigenvalue weighted by Gasteiger charge is -2.32. The van der Waals surface area contributed by atoms with Gasteiger partial charge in [0.25, 0.3) is 0 Å². The number of amides is 1. The number of rotatable bonds is 6. The third kappa shape index (κ3) is 5.18. The number of carbonyl (C=O) groups is 1. The average molecular weight is 348 g/mol. The van der Waals surface area contributed by atoms with E-state index in [1.807, 2.05) is 25.8 Å². The first-order chi connectivity index (χ1) is 10.1. The van der Waals surface area contributed by atoms with Crippen molar-refractivity contribution in [3.8, 4) is 0 Å². The molecule has 1 aromatic rings. The molecule has 0 aromatic carbocycles. The lowest BCUT2D eigenvalue weighted by Crippen LogP contribution is -2.43. The summed E-state index contributed by atoms with van der Waals surface area (Å²) in [7, 11) is 1.97. The van der Waals surface area contributed by atoms with E-state index in [0.717, 1.165) is 48.8 Å². The third-order valence-corrected chi connectivity index (χ3v) is 4.96. The van der Waals surface area contributed by atoms with Gasteiger partial charge in [0.15, 0.2) is 0 Å². The number of likely N-dealkylation sites (tertiary alicyclic amines) is 1. The molecule has 1 atom stereocenters. The number of hydrogen-bond donors (Lipinski definition) is 1. The normalized spacial score (nSPS) is 18.1. The van der Waals surface area contributed by atoms with Crippen molar-refractivity contribution in [2.24, 2.45) is 5.92 Å². The number of piperidine rings is 1. The molecule has 1 aliphatic heterocycles. The number of carbonyl (C=O) groups excluding carboxylic acids is 1. The highest BCUT2D eigenvalue weighted by Gasteiger charge is 2.23. The Morgan fingerprint density at radius 1 is 1.50 bits per heavy atom. The van der Waals surface area contributed by atoms with Gasteiger partial charge in [-0.25, -0.2) is 0 Å². The second-order valence-corrected chi connectivity index (χ2v) is 6.69. The Morgan fingerprint density at radius 2 is 2.27 bits per heavy atom. The molecular weight excluding hydrogens is 322 g/mol. The smallest absolute Gasteiger partial charge is 0.232 e. The fourth-order valence-corrected chi connectivity index (χ4v) is 3.86. The molecule has 2 rings (SSSR count).